The van der Waals surface area contributed by atoms with Crippen molar-refractivity contribution >= 4 is 34.9 Å². The van der Waals surface area contributed by atoms with E-state index in [9.17, 15) is 9.90 Å². The third-order valence-electron chi connectivity index (χ3n) is 3.28. The van der Waals surface area contributed by atoms with E-state index in [4.69, 9.17) is 23.2 Å². The molecule has 2 aromatic rings. The SMILES string of the molecule is O=C(NCCC[NH2+]Cc1cc(Cl)cc(Cl)c1)Nc1cccc(O)c1. The number of aromatic hydroxyl groups is 1. The van der Waals surface area contributed by atoms with E-state index >= 15 is 0 Å². The number of rotatable bonds is 7. The Balaban J connectivity index is 1.60. The summed E-state index contributed by atoms with van der Waals surface area (Å²) in [4.78, 5) is 11.7. The zero-order valence-corrected chi connectivity index (χ0v) is 14.6. The molecule has 0 atom stereocenters. The standard InChI is InChI=1S/C17H19Cl2N3O2/c18-13-7-12(8-14(19)9-13)11-20-5-2-6-21-17(24)22-15-3-1-4-16(23)10-15/h1,3-4,7-10,20,23H,2,5-6,11H2,(H2,21,22,24)/p+1. The number of nitrogens with two attached hydrogens (primary N) is 1. The molecule has 7 heteroatoms. The molecule has 2 amide bonds. The van der Waals surface area contributed by atoms with Crippen LogP contribution in [0.1, 0.15) is 12.0 Å². The van der Waals surface area contributed by atoms with E-state index in [0.717, 1.165) is 25.1 Å². The van der Waals surface area contributed by atoms with Gasteiger partial charge in [0.25, 0.3) is 0 Å². The molecule has 24 heavy (non-hydrogen) atoms. The Morgan fingerprint density at radius 1 is 1.12 bits per heavy atom. The summed E-state index contributed by atoms with van der Waals surface area (Å²) in [6, 6.07) is 11.6. The lowest BCUT2D eigenvalue weighted by atomic mass is 10.2. The first-order valence-electron chi connectivity index (χ1n) is 7.63. The van der Waals surface area contributed by atoms with Gasteiger partial charge in [0.1, 0.15) is 12.3 Å². The van der Waals surface area contributed by atoms with Crippen LogP contribution in [0.5, 0.6) is 5.75 Å². The van der Waals surface area contributed by atoms with Crippen LogP contribution in [-0.2, 0) is 6.54 Å². The van der Waals surface area contributed by atoms with Crippen LogP contribution in [0.3, 0.4) is 0 Å². The Bertz CT molecular complexity index is 675. The van der Waals surface area contributed by atoms with Crippen LogP contribution in [0.25, 0.3) is 0 Å². The normalized spacial score (nSPS) is 10.4. The Hall–Kier alpha value is -1.95. The first-order valence-corrected chi connectivity index (χ1v) is 8.39. The van der Waals surface area contributed by atoms with E-state index in [-0.39, 0.29) is 11.8 Å². The molecule has 2 rings (SSSR count). The van der Waals surface area contributed by atoms with Crippen molar-refractivity contribution in [1.82, 2.24) is 5.32 Å². The number of hydrogen-bond acceptors (Lipinski definition) is 2. The van der Waals surface area contributed by atoms with Crippen LogP contribution < -0.4 is 16.0 Å². The number of urea groups is 1. The molecular weight excluding hydrogens is 349 g/mol. The van der Waals surface area contributed by atoms with Crippen molar-refractivity contribution in [3.8, 4) is 5.75 Å². The lowest BCUT2D eigenvalue weighted by Crippen LogP contribution is -2.82. The maximum atomic E-state index is 11.7. The van der Waals surface area contributed by atoms with Gasteiger partial charge in [0, 0.05) is 40.3 Å². The van der Waals surface area contributed by atoms with Crippen LogP contribution in [0.2, 0.25) is 10.0 Å². The number of carbonyl (C=O) groups excluding carboxylic acids is 1. The molecule has 5 nitrogen and oxygen atoms in total. The predicted molar refractivity (Wildman–Crippen MR) is 96.7 cm³/mol. The number of carbonyl (C=O) groups is 1. The minimum absolute atomic E-state index is 0.114. The monoisotopic (exact) mass is 368 g/mol. The molecule has 0 spiro atoms. The van der Waals surface area contributed by atoms with Gasteiger partial charge in [0.05, 0.1) is 6.54 Å². The second-order valence-corrected chi connectivity index (χ2v) is 6.22. The van der Waals surface area contributed by atoms with Crippen molar-refractivity contribution < 1.29 is 15.2 Å². The van der Waals surface area contributed by atoms with Crippen LogP contribution in [0.4, 0.5) is 10.5 Å². The van der Waals surface area contributed by atoms with Gasteiger partial charge in [-0.3, -0.25) is 0 Å². The highest BCUT2D eigenvalue weighted by Gasteiger charge is 2.03. The summed E-state index contributed by atoms with van der Waals surface area (Å²) in [6.45, 7) is 2.23. The number of phenolic OH excluding ortho intramolecular Hbond substituents is 1. The molecule has 0 aliphatic heterocycles. The molecule has 0 heterocycles. The van der Waals surface area contributed by atoms with E-state index in [1.165, 1.54) is 6.07 Å². The molecular formula is C17H20Cl2N3O2+. The van der Waals surface area contributed by atoms with Gasteiger partial charge < -0.3 is 21.1 Å². The third kappa shape index (κ3) is 6.66. The molecule has 0 aromatic heterocycles. The van der Waals surface area contributed by atoms with E-state index < -0.39 is 0 Å². The zero-order valence-electron chi connectivity index (χ0n) is 13.1. The fraction of sp³-hybridized carbons (Fsp3) is 0.235. The van der Waals surface area contributed by atoms with Crippen molar-refractivity contribution in [3.05, 3.63) is 58.1 Å². The van der Waals surface area contributed by atoms with Crippen molar-refractivity contribution in [2.24, 2.45) is 0 Å². The summed E-state index contributed by atoms with van der Waals surface area (Å²) < 4.78 is 0. The number of amides is 2. The highest BCUT2D eigenvalue weighted by Crippen LogP contribution is 2.18. The van der Waals surface area contributed by atoms with E-state index in [1.807, 2.05) is 12.1 Å². The summed E-state index contributed by atoms with van der Waals surface area (Å²) in [5.41, 5.74) is 1.62. The molecule has 5 N–H and O–H groups in total. The smallest absolute Gasteiger partial charge is 0.319 e. The Labute approximate surface area is 151 Å². The molecule has 0 unspecified atom stereocenters. The number of nitrogens with one attached hydrogen (secondary N) is 2. The lowest BCUT2D eigenvalue weighted by Gasteiger charge is -2.08. The summed E-state index contributed by atoms with van der Waals surface area (Å²) in [5.74, 6) is 0.114. The summed E-state index contributed by atoms with van der Waals surface area (Å²) >= 11 is 11.9. The second-order valence-electron chi connectivity index (χ2n) is 5.34. The average molecular weight is 369 g/mol. The van der Waals surface area contributed by atoms with E-state index in [0.29, 0.717) is 22.3 Å². The van der Waals surface area contributed by atoms with Gasteiger partial charge in [-0.25, -0.2) is 4.79 Å². The van der Waals surface area contributed by atoms with Gasteiger partial charge in [-0.05, 0) is 30.3 Å². The number of quaternary nitrogens is 1. The number of phenols is 1. The molecule has 0 saturated heterocycles. The van der Waals surface area contributed by atoms with Crippen molar-refractivity contribution in [3.63, 3.8) is 0 Å². The Morgan fingerprint density at radius 3 is 2.58 bits per heavy atom. The lowest BCUT2D eigenvalue weighted by molar-refractivity contribution is -0.670. The van der Waals surface area contributed by atoms with Crippen molar-refractivity contribution in [2.75, 3.05) is 18.4 Å². The van der Waals surface area contributed by atoms with Gasteiger partial charge in [-0.2, -0.15) is 0 Å². The number of hydrogen-bond donors (Lipinski definition) is 4. The maximum Gasteiger partial charge on any atom is 0.319 e. The quantitative estimate of drug-likeness (QED) is 0.567. The molecule has 2 aromatic carbocycles. The molecule has 0 saturated carbocycles. The van der Waals surface area contributed by atoms with Crippen LogP contribution in [0, 0.1) is 0 Å². The molecule has 128 valence electrons. The largest absolute Gasteiger partial charge is 0.508 e. The Kier molecular flexibility index (Phi) is 7.18. The molecule has 0 fully saturated rings. The fourth-order valence-electron chi connectivity index (χ4n) is 2.20. The van der Waals surface area contributed by atoms with Crippen molar-refractivity contribution in [2.45, 2.75) is 13.0 Å². The van der Waals surface area contributed by atoms with Crippen LogP contribution in [-0.4, -0.2) is 24.2 Å². The molecule has 0 bridgehead atoms. The van der Waals surface area contributed by atoms with Crippen molar-refractivity contribution in [1.29, 1.82) is 0 Å². The third-order valence-corrected chi connectivity index (χ3v) is 3.71. The van der Waals surface area contributed by atoms with Crippen LogP contribution >= 0.6 is 23.2 Å². The zero-order chi connectivity index (χ0) is 17.4. The summed E-state index contributed by atoms with van der Waals surface area (Å²) in [5, 5.41) is 18.2. The summed E-state index contributed by atoms with van der Waals surface area (Å²) in [7, 11) is 0. The highest BCUT2D eigenvalue weighted by atomic mass is 35.5. The molecule has 0 aliphatic carbocycles. The van der Waals surface area contributed by atoms with Crippen LogP contribution in [0.15, 0.2) is 42.5 Å². The van der Waals surface area contributed by atoms with Gasteiger partial charge in [0.15, 0.2) is 0 Å². The minimum Gasteiger partial charge on any atom is -0.508 e. The predicted octanol–water partition coefficient (Wildman–Crippen LogP) is 2.97. The molecule has 0 radical (unpaired) electrons. The Morgan fingerprint density at radius 2 is 1.88 bits per heavy atom. The molecule has 0 aliphatic rings. The van der Waals surface area contributed by atoms with E-state index in [2.05, 4.69) is 16.0 Å². The highest BCUT2D eigenvalue weighted by molar-refractivity contribution is 6.34. The minimum atomic E-state index is -0.290. The van der Waals surface area contributed by atoms with Gasteiger partial charge in [0.2, 0.25) is 0 Å². The van der Waals surface area contributed by atoms with Gasteiger partial charge >= 0.3 is 6.03 Å². The van der Waals surface area contributed by atoms with Gasteiger partial charge in [-0.15, -0.1) is 0 Å². The topological polar surface area (TPSA) is 78.0 Å². The number of benzene rings is 2. The number of halogens is 2. The fourth-order valence-corrected chi connectivity index (χ4v) is 2.78. The second kappa shape index (κ2) is 9.37. The van der Waals surface area contributed by atoms with Gasteiger partial charge in [-0.1, -0.05) is 29.3 Å². The average Bonchev–Trinajstić information content (AvgIpc) is 2.50. The summed E-state index contributed by atoms with van der Waals surface area (Å²) in [6.07, 6.45) is 0.835. The van der Waals surface area contributed by atoms with E-state index in [1.54, 1.807) is 24.3 Å². The first-order chi connectivity index (χ1) is 11.5. The first kappa shape index (κ1) is 18.4. The maximum absolute atomic E-state index is 11.7. The number of anilines is 1.